The molecule has 0 unspecified atom stereocenters. The van der Waals surface area contributed by atoms with Crippen LogP contribution in [0.2, 0.25) is 0 Å². The number of nitro groups is 1. The zero-order valence-electron chi connectivity index (χ0n) is 10.6. The molecule has 1 aromatic rings. The van der Waals surface area contributed by atoms with Crippen molar-refractivity contribution in [1.82, 2.24) is 4.90 Å². The van der Waals surface area contributed by atoms with E-state index >= 15 is 0 Å². The number of hydrogen-bond acceptors (Lipinski definition) is 5. The van der Waals surface area contributed by atoms with Crippen molar-refractivity contribution in [2.24, 2.45) is 0 Å². The van der Waals surface area contributed by atoms with Crippen LogP contribution in [0.5, 0.6) is 5.75 Å². The van der Waals surface area contributed by atoms with Crippen LogP contribution in [0.3, 0.4) is 0 Å². The smallest absolute Gasteiger partial charge is 0.282 e. The molecule has 0 atom stereocenters. The molecule has 1 aromatic carbocycles. The van der Waals surface area contributed by atoms with Gasteiger partial charge >= 0.3 is 0 Å². The van der Waals surface area contributed by atoms with E-state index in [1.807, 2.05) is 6.92 Å². The third-order valence-corrected chi connectivity index (χ3v) is 2.56. The fourth-order valence-corrected chi connectivity index (χ4v) is 1.73. The van der Waals surface area contributed by atoms with Gasteiger partial charge in [-0.05, 0) is 18.6 Å². The molecular formula is C12H16N2O5. The Labute approximate surface area is 110 Å². The number of rotatable bonds is 6. The minimum Gasteiger partial charge on any atom is -0.508 e. The number of benzene rings is 1. The quantitative estimate of drug-likeness (QED) is 0.594. The topological polar surface area (TPSA) is 104 Å². The van der Waals surface area contributed by atoms with Gasteiger partial charge in [0, 0.05) is 19.2 Å². The highest BCUT2D eigenvalue weighted by atomic mass is 16.6. The predicted octanol–water partition coefficient (Wildman–Crippen LogP) is 1.14. The monoisotopic (exact) mass is 268 g/mol. The van der Waals surface area contributed by atoms with E-state index in [4.69, 9.17) is 5.11 Å². The summed E-state index contributed by atoms with van der Waals surface area (Å²) in [5, 5.41) is 29.2. The van der Waals surface area contributed by atoms with E-state index in [-0.39, 0.29) is 30.2 Å². The van der Waals surface area contributed by atoms with E-state index in [1.54, 1.807) is 0 Å². The molecule has 0 saturated carbocycles. The average Bonchev–Trinajstić information content (AvgIpc) is 2.37. The lowest BCUT2D eigenvalue weighted by Crippen LogP contribution is -2.34. The standard InChI is InChI=1S/C12H16N2O5/c1-2-5-13(6-7-15)12(17)10-8-9(16)3-4-11(10)14(18)19/h3-4,8,15-16H,2,5-7H2,1H3. The van der Waals surface area contributed by atoms with E-state index in [0.717, 1.165) is 18.2 Å². The van der Waals surface area contributed by atoms with Crippen LogP contribution in [0.4, 0.5) is 5.69 Å². The molecule has 7 heteroatoms. The molecule has 1 amide bonds. The van der Waals surface area contributed by atoms with Crippen molar-refractivity contribution in [3.05, 3.63) is 33.9 Å². The van der Waals surface area contributed by atoms with Gasteiger partial charge in [-0.25, -0.2) is 0 Å². The first kappa shape index (κ1) is 14.9. The van der Waals surface area contributed by atoms with Gasteiger partial charge in [-0.15, -0.1) is 0 Å². The van der Waals surface area contributed by atoms with Crippen LogP contribution in [0.15, 0.2) is 18.2 Å². The van der Waals surface area contributed by atoms with Crippen LogP contribution in [-0.2, 0) is 0 Å². The van der Waals surface area contributed by atoms with E-state index in [2.05, 4.69) is 0 Å². The van der Waals surface area contributed by atoms with Crippen LogP contribution in [0, 0.1) is 10.1 Å². The van der Waals surface area contributed by atoms with Gasteiger partial charge in [0.2, 0.25) is 0 Å². The fraction of sp³-hybridized carbons (Fsp3) is 0.417. The normalized spacial score (nSPS) is 10.2. The molecule has 0 radical (unpaired) electrons. The molecule has 0 aliphatic heterocycles. The second-order valence-corrected chi connectivity index (χ2v) is 3.97. The van der Waals surface area contributed by atoms with E-state index < -0.39 is 10.8 Å². The zero-order chi connectivity index (χ0) is 14.4. The highest BCUT2D eigenvalue weighted by Crippen LogP contribution is 2.24. The van der Waals surface area contributed by atoms with E-state index in [9.17, 15) is 20.0 Å². The molecule has 0 fully saturated rings. The minimum atomic E-state index is -0.671. The number of carbonyl (C=O) groups excluding carboxylic acids is 1. The van der Waals surface area contributed by atoms with Crippen LogP contribution >= 0.6 is 0 Å². The number of hydrogen-bond donors (Lipinski definition) is 2. The van der Waals surface area contributed by atoms with Crippen molar-refractivity contribution >= 4 is 11.6 Å². The number of aromatic hydroxyl groups is 1. The fourth-order valence-electron chi connectivity index (χ4n) is 1.73. The van der Waals surface area contributed by atoms with Gasteiger partial charge in [-0.2, -0.15) is 0 Å². The highest BCUT2D eigenvalue weighted by molar-refractivity contribution is 5.98. The maximum atomic E-state index is 12.2. The Morgan fingerprint density at radius 2 is 2.11 bits per heavy atom. The summed E-state index contributed by atoms with van der Waals surface area (Å²) in [6, 6.07) is 3.32. The van der Waals surface area contributed by atoms with Crippen LogP contribution < -0.4 is 0 Å². The van der Waals surface area contributed by atoms with Gasteiger partial charge < -0.3 is 15.1 Å². The van der Waals surface area contributed by atoms with Gasteiger partial charge in [0.05, 0.1) is 11.5 Å². The average molecular weight is 268 g/mol. The van der Waals surface area contributed by atoms with Crippen LogP contribution in [0.1, 0.15) is 23.7 Å². The molecule has 0 aliphatic carbocycles. The molecule has 19 heavy (non-hydrogen) atoms. The summed E-state index contributed by atoms with van der Waals surface area (Å²) in [5.74, 6) is -0.784. The third kappa shape index (κ3) is 3.65. The maximum absolute atomic E-state index is 12.2. The van der Waals surface area contributed by atoms with Gasteiger partial charge in [0.15, 0.2) is 0 Å². The molecule has 0 saturated heterocycles. The van der Waals surface area contributed by atoms with Crippen LogP contribution in [-0.4, -0.2) is 45.6 Å². The lowest BCUT2D eigenvalue weighted by atomic mass is 10.1. The van der Waals surface area contributed by atoms with Gasteiger partial charge in [-0.3, -0.25) is 14.9 Å². The Morgan fingerprint density at radius 1 is 1.42 bits per heavy atom. The lowest BCUT2D eigenvalue weighted by Gasteiger charge is -2.20. The predicted molar refractivity (Wildman–Crippen MR) is 68.0 cm³/mol. The largest absolute Gasteiger partial charge is 0.508 e. The SMILES string of the molecule is CCCN(CCO)C(=O)c1cc(O)ccc1[N+](=O)[O-]. The lowest BCUT2D eigenvalue weighted by molar-refractivity contribution is -0.385. The first-order chi connectivity index (χ1) is 9.01. The Bertz CT molecular complexity index is 469. The minimum absolute atomic E-state index is 0.0967. The van der Waals surface area contributed by atoms with Crippen molar-refractivity contribution in [1.29, 1.82) is 0 Å². The molecule has 0 heterocycles. The molecule has 0 bridgehead atoms. The second-order valence-electron chi connectivity index (χ2n) is 3.97. The summed E-state index contributed by atoms with van der Waals surface area (Å²) < 4.78 is 0. The summed E-state index contributed by atoms with van der Waals surface area (Å²) in [6.07, 6.45) is 0.665. The van der Waals surface area contributed by atoms with Crippen molar-refractivity contribution in [2.45, 2.75) is 13.3 Å². The molecule has 104 valence electrons. The van der Waals surface area contributed by atoms with Crippen LogP contribution in [0.25, 0.3) is 0 Å². The summed E-state index contributed by atoms with van der Waals surface area (Å²) in [4.78, 5) is 23.7. The number of nitrogens with zero attached hydrogens (tertiary/aromatic N) is 2. The molecule has 1 rings (SSSR count). The van der Waals surface area contributed by atoms with Crippen molar-refractivity contribution < 1.29 is 19.9 Å². The number of phenolic OH excluding ortho intramolecular Hbond substituents is 1. The Balaban J connectivity index is 3.15. The second kappa shape index (κ2) is 6.69. The Morgan fingerprint density at radius 3 is 2.63 bits per heavy atom. The summed E-state index contributed by atoms with van der Waals surface area (Å²) in [6.45, 7) is 2.11. The number of carbonyl (C=O) groups is 1. The summed E-state index contributed by atoms with van der Waals surface area (Å²) in [5.41, 5.74) is -0.534. The first-order valence-corrected chi connectivity index (χ1v) is 5.88. The Hall–Kier alpha value is -2.15. The first-order valence-electron chi connectivity index (χ1n) is 5.88. The number of aliphatic hydroxyl groups is 1. The summed E-state index contributed by atoms with van der Waals surface area (Å²) >= 11 is 0. The van der Waals surface area contributed by atoms with Gasteiger partial charge in [-0.1, -0.05) is 6.92 Å². The third-order valence-electron chi connectivity index (χ3n) is 2.56. The van der Waals surface area contributed by atoms with Crippen molar-refractivity contribution in [3.63, 3.8) is 0 Å². The number of amides is 1. The molecule has 0 aliphatic rings. The number of aliphatic hydroxyl groups excluding tert-OH is 1. The summed E-state index contributed by atoms with van der Waals surface area (Å²) in [7, 11) is 0. The van der Waals surface area contributed by atoms with E-state index in [0.29, 0.717) is 13.0 Å². The van der Waals surface area contributed by atoms with Crippen molar-refractivity contribution in [2.75, 3.05) is 19.7 Å². The number of nitro benzene ring substituents is 1. The zero-order valence-corrected chi connectivity index (χ0v) is 10.6. The van der Waals surface area contributed by atoms with Gasteiger partial charge in [0.25, 0.3) is 11.6 Å². The molecule has 7 nitrogen and oxygen atoms in total. The Kier molecular flexibility index (Phi) is 5.25. The van der Waals surface area contributed by atoms with Gasteiger partial charge in [0.1, 0.15) is 11.3 Å². The molecular weight excluding hydrogens is 252 g/mol. The molecule has 0 aromatic heterocycles. The molecule has 0 spiro atoms. The molecule has 2 N–H and O–H groups in total. The van der Waals surface area contributed by atoms with Crippen molar-refractivity contribution in [3.8, 4) is 5.75 Å². The number of phenols is 1. The maximum Gasteiger partial charge on any atom is 0.282 e. The van der Waals surface area contributed by atoms with E-state index in [1.165, 1.54) is 4.90 Å². The highest BCUT2D eigenvalue weighted by Gasteiger charge is 2.24.